The zero-order valence-electron chi connectivity index (χ0n) is 11.3. The van der Waals surface area contributed by atoms with Gasteiger partial charge in [-0.3, -0.25) is 0 Å². The Kier molecular flexibility index (Phi) is 4.04. The molecular weight excluding hydrogens is 284 g/mol. The van der Waals surface area contributed by atoms with Gasteiger partial charge in [-0.05, 0) is 23.4 Å². The van der Waals surface area contributed by atoms with Crippen LogP contribution in [0.5, 0.6) is 0 Å². The molecule has 1 fully saturated rings. The Hall–Kier alpha value is -0.470. The molecule has 1 heterocycles. The number of rotatable bonds is 5. The van der Waals surface area contributed by atoms with Crippen LogP contribution in [0.2, 0.25) is 0 Å². The van der Waals surface area contributed by atoms with Crippen molar-refractivity contribution in [2.24, 2.45) is 11.1 Å². The van der Waals surface area contributed by atoms with Gasteiger partial charge in [-0.2, -0.15) is 0 Å². The molecule has 1 aliphatic rings. The van der Waals surface area contributed by atoms with Crippen LogP contribution in [0.15, 0.2) is 15.7 Å². The van der Waals surface area contributed by atoms with E-state index in [9.17, 15) is 8.42 Å². The fourth-order valence-corrected chi connectivity index (χ4v) is 4.98. The van der Waals surface area contributed by atoms with E-state index in [2.05, 4.69) is 4.72 Å². The second-order valence-corrected chi connectivity index (χ2v) is 8.29. The van der Waals surface area contributed by atoms with E-state index in [1.165, 1.54) is 11.3 Å². The number of nitrogens with two attached hydrogens (primary N) is 1. The predicted octanol–water partition coefficient (Wildman–Crippen LogP) is 1.30. The molecule has 0 aromatic carbocycles. The number of hydrogen-bond acceptors (Lipinski definition) is 5. The van der Waals surface area contributed by atoms with Gasteiger partial charge in [0.1, 0.15) is 4.21 Å². The lowest BCUT2D eigenvalue weighted by Gasteiger charge is -2.50. The van der Waals surface area contributed by atoms with Gasteiger partial charge in [-0.1, -0.05) is 13.8 Å². The Labute approximate surface area is 118 Å². The summed E-state index contributed by atoms with van der Waals surface area (Å²) in [6.07, 6.45) is 0.806. The third-order valence-corrected chi connectivity index (χ3v) is 6.85. The van der Waals surface area contributed by atoms with E-state index < -0.39 is 10.0 Å². The van der Waals surface area contributed by atoms with Gasteiger partial charge in [0.25, 0.3) is 0 Å². The maximum absolute atomic E-state index is 12.3. The second kappa shape index (κ2) is 5.14. The molecule has 7 heteroatoms. The van der Waals surface area contributed by atoms with Gasteiger partial charge in [0.2, 0.25) is 10.0 Å². The van der Waals surface area contributed by atoms with Crippen LogP contribution >= 0.6 is 11.3 Å². The normalized spacial score (nSPS) is 26.1. The quantitative estimate of drug-likeness (QED) is 0.859. The van der Waals surface area contributed by atoms with E-state index in [-0.39, 0.29) is 17.6 Å². The Morgan fingerprint density at radius 3 is 2.74 bits per heavy atom. The largest absolute Gasteiger partial charge is 0.381 e. The average molecular weight is 304 g/mol. The Bertz CT molecular complexity index is 551. The highest BCUT2D eigenvalue weighted by atomic mass is 32.2. The number of ether oxygens (including phenoxy) is 1. The Balaban J connectivity index is 2.11. The average Bonchev–Trinajstić information content (AvgIpc) is 2.83. The summed E-state index contributed by atoms with van der Waals surface area (Å²) in [5, 5.41) is 1.78. The van der Waals surface area contributed by atoms with Crippen LogP contribution in [-0.2, 0) is 21.3 Å². The molecule has 0 saturated heterocycles. The molecule has 108 valence electrons. The highest BCUT2D eigenvalue weighted by Crippen LogP contribution is 2.43. The summed E-state index contributed by atoms with van der Waals surface area (Å²) >= 11 is 1.20. The van der Waals surface area contributed by atoms with Gasteiger partial charge in [-0.15, -0.1) is 11.3 Å². The molecule has 1 aromatic heterocycles. The lowest BCUT2D eigenvalue weighted by atomic mass is 9.65. The Morgan fingerprint density at radius 1 is 1.58 bits per heavy atom. The molecule has 2 unspecified atom stereocenters. The van der Waals surface area contributed by atoms with Crippen LogP contribution in [-0.4, -0.2) is 27.7 Å². The number of thiophene rings is 1. The van der Waals surface area contributed by atoms with Crippen molar-refractivity contribution < 1.29 is 13.2 Å². The summed E-state index contributed by atoms with van der Waals surface area (Å²) in [6, 6.07) is 1.54. The lowest BCUT2D eigenvalue weighted by molar-refractivity contribution is -0.0908. The fraction of sp³-hybridized carbons (Fsp3) is 0.667. The van der Waals surface area contributed by atoms with Crippen LogP contribution in [0.3, 0.4) is 0 Å². The molecule has 19 heavy (non-hydrogen) atoms. The smallest absolute Gasteiger partial charge is 0.250 e. The molecule has 0 aliphatic heterocycles. The summed E-state index contributed by atoms with van der Waals surface area (Å²) in [6.45, 7) is 4.38. The van der Waals surface area contributed by atoms with Crippen LogP contribution in [0.4, 0.5) is 0 Å². The van der Waals surface area contributed by atoms with Crippen molar-refractivity contribution in [1.82, 2.24) is 4.72 Å². The van der Waals surface area contributed by atoms with E-state index in [0.29, 0.717) is 17.2 Å². The fourth-order valence-electron chi connectivity index (χ4n) is 2.33. The SMILES string of the molecule is COC1CC(NS(=O)(=O)c2cc(CN)cs2)C1(C)C. The van der Waals surface area contributed by atoms with E-state index in [1.54, 1.807) is 18.6 Å². The summed E-state index contributed by atoms with van der Waals surface area (Å²) in [5.41, 5.74) is 6.16. The molecule has 0 amide bonds. The molecule has 0 bridgehead atoms. The highest BCUT2D eigenvalue weighted by molar-refractivity contribution is 7.91. The van der Waals surface area contributed by atoms with Crippen LogP contribution in [0.1, 0.15) is 25.8 Å². The van der Waals surface area contributed by atoms with Crippen molar-refractivity contribution >= 4 is 21.4 Å². The summed E-state index contributed by atoms with van der Waals surface area (Å²) in [4.78, 5) is 0. The molecular formula is C12H20N2O3S2. The standard InChI is InChI=1S/C12H20N2O3S2/c1-12(2)9(5-10(12)17-3)14-19(15,16)11-4-8(6-13)7-18-11/h4,7,9-10,14H,5-6,13H2,1-3H3. The number of hydrogen-bond donors (Lipinski definition) is 2. The minimum absolute atomic E-state index is 0.0918. The molecule has 3 N–H and O–H groups in total. The van der Waals surface area contributed by atoms with E-state index >= 15 is 0 Å². The van der Waals surface area contributed by atoms with E-state index in [0.717, 1.165) is 5.56 Å². The monoisotopic (exact) mass is 304 g/mol. The summed E-state index contributed by atoms with van der Waals surface area (Å²) < 4.78 is 32.9. The molecule has 2 atom stereocenters. The number of methoxy groups -OCH3 is 1. The molecule has 0 radical (unpaired) electrons. The molecule has 1 aromatic rings. The lowest BCUT2D eigenvalue weighted by Crippen LogP contribution is -2.61. The van der Waals surface area contributed by atoms with Gasteiger partial charge >= 0.3 is 0 Å². The third-order valence-electron chi connectivity index (χ3n) is 3.89. The van der Waals surface area contributed by atoms with Crippen LogP contribution in [0, 0.1) is 5.41 Å². The predicted molar refractivity (Wildman–Crippen MR) is 75.5 cm³/mol. The minimum Gasteiger partial charge on any atom is -0.381 e. The first-order valence-electron chi connectivity index (χ1n) is 6.14. The van der Waals surface area contributed by atoms with Gasteiger partial charge < -0.3 is 10.5 Å². The first-order chi connectivity index (χ1) is 8.81. The molecule has 2 rings (SSSR count). The van der Waals surface area contributed by atoms with Crippen molar-refractivity contribution in [3.8, 4) is 0 Å². The third kappa shape index (κ3) is 2.71. The molecule has 1 saturated carbocycles. The minimum atomic E-state index is -3.45. The topological polar surface area (TPSA) is 81.4 Å². The van der Waals surface area contributed by atoms with Crippen LogP contribution < -0.4 is 10.5 Å². The van der Waals surface area contributed by atoms with Crippen molar-refractivity contribution in [3.63, 3.8) is 0 Å². The second-order valence-electron chi connectivity index (χ2n) is 5.43. The first kappa shape index (κ1) is 14.9. The summed E-state index contributed by atoms with van der Waals surface area (Å²) in [7, 11) is -1.80. The van der Waals surface area contributed by atoms with Gasteiger partial charge in [-0.25, -0.2) is 13.1 Å². The molecule has 5 nitrogen and oxygen atoms in total. The van der Waals surface area contributed by atoms with E-state index in [1.807, 2.05) is 13.8 Å². The Morgan fingerprint density at radius 2 is 2.26 bits per heavy atom. The number of sulfonamides is 1. The highest BCUT2D eigenvalue weighted by Gasteiger charge is 2.50. The maximum atomic E-state index is 12.3. The number of nitrogens with one attached hydrogen (secondary N) is 1. The van der Waals surface area contributed by atoms with Crippen LogP contribution in [0.25, 0.3) is 0 Å². The van der Waals surface area contributed by atoms with Gasteiger partial charge in [0.15, 0.2) is 0 Å². The van der Waals surface area contributed by atoms with Crippen molar-refractivity contribution in [2.45, 2.75) is 43.2 Å². The maximum Gasteiger partial charge on any atom is 0.250 e. The molecule has 0 spiro atoms. The van der Waals surface area contributed by atoms with Gasteiger partial charge in [0.05, 0.1) is 6.10 Å². The first-order valence-corrected chi connectivity index (χ1v) is 8.50. The zero-order valence-corrected chi connectivity index (χ0v) is 13.0. The molecule has 1 aliphatic carbocycles. The summed E-state index contributed by atoms with van der Waals surface area (Å²) in [5.74, 6) is 0. The van der Waals surface area contributed by atoms with Crippen molar-refractivity contribution in [3.05, 3.63) is 17.0 Å². The van der Waals surface area contributed by atoms with Gasteiger partial charge in [0, 0.05) is 25.1 Å². The zero-order chi connectivity index (χ0) is 14.3. The van der Waals surface area contributed by atoms with Crippen molar-refractivity contribution in [1.29, 1.82) is 0 Å². The van der Waals surface area contributed by atoms with E-state index in [4.69, 9.17) is 10.5 Å². The van der Waals surface area contributed by atoms with Crippen molar-refractivity contribution in [2.75, 3.05) is 7.11 Å².